The van der Waals surface area contributed by atoms with Gasteiger partial charge in [0, 0.05) is 0 Å². The molecule has 0 aliphatic rings. The van der Waals surface area contributed by atoms with Gasteiger partial charge in [-0.2, -0.15) is 0 Å². The normalized spacial score (nSPS) is 11.2. The minimum Gasteiger partial charge on any atom is -0.462 e. The molecule has 1 aromatic rings. The van der Waals surface area contributed by atoms with Gasteiger partial charge in [-0.25, -0.2) is 4.79 Å². The van der Waals surface area contributed by atoms with Gasteiger partial charge in [0.2, 0.25) is 0 Å². The van der Waals surface area contributed by atoms with Crippen LogP contribution in [0.15, 0.2) is 42.0 Å². The zero-order valence-corrected chi connectivity index (χ0v) is 11.5. The molecule has 3 nitrogen and oxygen atoms in total. The van der Waals surface area contributed by atoms with Crippen LogP contribution in [-0.4, -0.2) is 18.4 Å². The quantitative estimate of drug-likeness (QED) is 0.249. The largest absolute Gasteiger partial charge is 0.462 e. The fourth-order valence-corrected chi connectivity index (χ4v) is 1.59. The molecule has 0 saturated heterocycles. The Morgan fingerprint density at radius 3 is 2.47 bits per heavy atom. The molecule has 0 saturated carbocycles. The summed E-state index contributed by atoms with van der Waals surface area (Å²) in [4.78, 5) is 23.2. The molecule has 0 aliphatic heterocycles. The van der Waals surface area contributed by atoms with Crippen LogP contribution in [0, 0.1) is 0 Å². The van der Waals surface area contributed by atoms with Gasteiger partial charge < -0.3 is 4.74 Å². The van der Waals surface area contributed by atoms with E-state index in [-0.39, 0.29) is 11.4 Å². The van der Waals surface area contributed by atoms with E-state index in [1.165, 1.54) is 6.92 Å². The fraction of sp³-hybridized carbons (Fsp3) is 0.375. The smallest absolute Gasteiger partial charge is 0.341 e. The van der Waals surface area contributed by atoms with Gasteiger partial charge in [0.25, 0.3) is 0 Å². The Bertz CT molecular complexity index is 446. The second-order valence-electron chi connectivity index (χ2n) is 4.35. The van der Waals surface area contributed by atoms with Crippen molar-refractivity contribution in [3.05, 3.63) is 47.5 Å². The summed E-state index contributed by atoms with van der Waals surface area (Å²) >= 11 is 0. The van der Waals surface area contributed by atoms with Crippen molar-refractivity contribution >= 4 is 11.8 Å². The van der Waals surface area contributed by atoms with Crippen molar-refractivity contribution in [3.63, 3.8) is 0 Å². The number of ether oxygens (including phenoxy) is 1. The van der Waals surface area contributed by atoms with Crippen molar-refractivity contribution in [1.29, 1.82) is 0 Å². The van der Waals surface area contributed by atoms with E-state index in [2.05, 4.69) is 0 Å². The van der Waals surface area contributed by atoms with Crippen molar-refractivity contribution in [3.8, 4) is 0 Å². The molecule has 102 valence electrons. The summed E-state index contributed by atoms with van der Waals surface area (Å²) in [7, 11) is 0. The van der Waals surface area contributed by atoms with E-state index in [9.17, 15) is 9.59 Å². The zero-order chi connectivity index (χ0) is 14.1. The van der Waals surface area contributed by atoms with Gasteiger partial charge in [-0.15, -0.1) is 0 Å². The fourth-order valence-electron chi connectivity index (χ4n) is 1.59. The molecular weight excluding hydrogens is 240 g/mol. The molecule has 0 amide bonds. The van der Waals surface area contributed by atoms with Crippen molar-refractivity contribution in [2.24, 2.45) is 0 Å². The monoisotopic (exact) mass is 260 g/mol. The molecule has 0 radical (unpaired) electrons. The summed E-state index contributed by atoms with van der Waals surface area (Å²) in [5, 5.41) is 0. The Balaban J connectivity index is 2.66. The summed E-state index contributed by atoms with van der Waals surface area (Å²) in [5.41, 5.74) is 1.20. The number of carbonyl (C=O) groups excluding carboxylic acids is 2. The second-order valence-corrected chi connectivity index (χ2v) is 4.35. The third-order valence-electron chi connectivity index (χ3n) is 2.71. The zero-order valence-electron chi connectivity index (χ0n) is 11.5. The number of unbranched alkanes of at least 4 members (excludes halogenated alkanes) is 1. The summed E-state index contributed by atoms with van der Waals surface area (Å²) < 4.78 is 5.07. The van der Waals surface area contributed by atoms with Gasteiger partial charge in [-0.1, -0.05) is 49.8 Å². The van der Waals surface area contributed by atoms with Crippen LogP contribution in [0.25, 0.3) is 0 Å². The average molecular weight is 260 g/mol. The molecule has 0 N–H and O–H groups in total. The third-order valence-corrected chi connectivity index (χ3v) is 2.71. The van der Waals surface area contributed by atoms with Gasteiger partial charge >= 0.3 is 5.97 Å². The molecule has 1 aromatic carbocycles. The van der Waals surface area contributed by atoms with Gasteiger partial charge in [0.05, 0.1) is 12.2 Å². The maximum Gasteiger partial charge on any atom is 0.341 e. The standard InChI is InChI=1S/C16H20O3/c1-3-4-12-19-16(18)15(13(2)17)11-10-14-8-6-5-7-9-14/h5-9,11H,3-4,10,12H2,1-2H3. The molecule has 0 unspecified atom stereocenters. The summed E-state index contributed by atoms with van der Waals surface area (Å²) in [6.07, 6.45) is 3.97. The Hall–Kier alpha value is -1.90. The Kier molecular flexibility index (Phi) is 6.58. The number of benzene rings is 1. The van der Waals surface area contributed by atoms with Crippen LogP contribution in [0.5, 0.6) is 0 Å². The van der Waals surface area contributed by atoms with Crippen molar-refractivity contribution in [2.45, 2.75) is 33.1 Å². The number of Topliss-reactive ketones (excluding diaryl/α,β-unsaturated/α-hetero) is 1. The topological polar surface area (TPSA) is 43.4 Å². The van der Waals surface area contributed by atoms with Gasteiger partial charge in [0.1, 0.15) is 0 Å². The number of hydrogen-bond acceptors (Lipinski definition) is 3. The maximum absolute atomic E-state index is 11.8. The first kappa shape index (κ1) is 15.2. The molecule has 3 heteroatoms. The second kappa shape index (κ2) is 8.25. The van der Waals surface area contributed by atoms with Gasteiger partial charge in [0.15, 0.2) is 5.78 Å². The van der Waals surface area contributed by atoms with Gasteiger partial charge in [-0.05, 0) is 25.3 Å². The molecule has 0 aliphatic carbocycles. The van der Waals surface area contributed by atoms with Crippen LogP contribution in [0.1, 0.15) is 32.3 Å². The van der Waals surface area contributed by atoms with Crippen molar-refractivity contribution in [1.82, 2.24) is 0 Å². The lowest BCUT2D eigenvalue weighted by atomic mass is 10.1. The van der Waals surface area contributed by atoms with Crippen LogP contribution in [0.2, 0.25) is 0 Å². The molecule has 1 rings (SSSR count). The first-order chi connectivity index (χ1) is 9.15. The van der Waals surface area contributed by atoms with Crippen LogP contribution in [-0.2, 0) is 20.7 Å². The number of hydrogen-bond donors (Lipinski definition) is 0. The molecule has 0 fully saturated rings. The minimum atomic E-state index is -0.517. The van der Waals surface area contributed by atoms with E-state index in [0.29, 0.717) is 13.0 Å². The SMILES string of the molecule is CCCCOC(=O)C(=CCc1ccccc1)C(C)=O. The number of rotatable bonds is 7. The average Bonchev–Trinajstić information content (AvgIpc) is 2.40. The summed E-state index contributed by atoms with van der Waals surface area (Å²) in [5.74, 6) is -0.769. The molecule has 0 spiro atoms. The number of ketones is 1. The van der Waals surface area contributed by atoms with Crippen molar-refractivity contribution in [2.75, 3.05) is 6.61 Å². The first-order valence-corrected chi connectivity index (χ1v) is 6.57. The van der Waals surface area contributed by atoms with E-state index in [1.54, 1.807) is 6.08 Å². The maximum atomic E-state index is 11.8. The van der Waals surface area contributed by atoms with Gasteiger partial charge in [-0.3, -0.25) is 4.79 Å². The predicted molar refractivity (Wildman–Crippen MR) is 74.8 cm³/mol. The lowest BCUT2D eigenvalue weighted by molar-refractivity contribution is -0.140. The number of allylic oxidation sites excluding steroid dienone is 1. The van der Waals surface area contributed by atoms with E-state index < -0.39 is 5.97 Å². The molecule has 19 heavy (non-hydrogen) atoms. The first-order valence-electron chi connectivity index (χ1n) is 6.57. The minimum absolute atomic E-state index is 0.139. The Labute approximate surface area is 114 Å². The van der Waals surface area contributed by atoms with Crippen LogP contribution in [0.3, 0.4) is 0 Å². The molecule has 0 heterocycles. The number of carbonyl (C=O) groups is 2. The highest BCUT2D eigenvalue weighted by atomic mass is 16.5. The molecule has 0 bridgehead atoms. The predicted octanol–water partition coefficient (Wildman–Crippen LogP) is 3.09. The highest BCUT2D eigenvalue weighted by Crippen LogP contribution is 2.06. The van der Waals surface area contributed by atoms with E-state index in [4.69, 9.17) is 4.74 Å². The molecule has 0 atom stereocenters. The third kappa shape index (κ3) is 5.51. The van der Waals surface area contributed by atoms with Crippen LogP contribution >= 0.6 is 0 Å². The molecule has 0 aromatic heterocycles. The van der Waals surface area contributed by atoms with Crippen LogP contribution < -0.4 is 0 Å². The van der Waals surface area contributed by atoms with E-state index in [1.807, 2.05) is 37.3 Å². The highest BCUT2D eigenvalue weighted by Gasteiger charge is 2.15. The summed E-state index contributed by atoms with van der Waals surface area (Å²) in [6.45, 7) is 3.77. The highest BCUT2D eigenvalue weighted by molar-refractivity contribution is 6.16. The van der Waals surface area contributed by atoms with Crippen molar-refractivity contribution < 1.29 is 14.3 Å². The Morgan fingerprint density at radius 1 is 1.21 bits per heavy atom. The van der Waals surface area contributed by atoms with E-state index >= 15 is 0 Å². The molecular formula is C16H20O3. The van der Waals surface area contributed by atoms with Crippen LogP contribution in [0.4, 0.5) is 0 Å². The lowest BCUT2D eigenvalue weighted by Crippen LogP contribution is -2.14. The Morgan fingerprint density at radius 2 is 1.89 bits per heavy atom. The lowest BCUT2D eigenvalue weighted by Gasteiger charge is -2.05. The summed E-state index contributed by atoms with van der Waals surface area (Å²) in [6, 6.07) is 9.69. The van der Waals surface area contributed by atoms with E-state index in [0.717, 1.165) is 18.4 Å². The number of esters is 1.